The van der Waals surface area contributed by atoms with Gasteiger partial charge in [-0.25, -0.2) is 4.98 Å². The number of carbonyl (C=O) groups excluding carboxylic acids is 1. The molecule has 11 heteroatoms. The molecule has 0 unspecified atom stereocenters. The molecule has 3 heterocycles. The Kier molecular flexibility index (Phi) is 8.80. The van der Waals surface area contributed by atoms with Crippen molar-refractivity contribution in [1.82, 2.24) is 19.5 Å². The van der Waals surface area contributed by atoms with E-state index in [2.05, 4.69) is 21.5 Å². The number of esters is 1. The van der Waals surface area contributed by atoms with Crippen molar-refractivity contribution in [2.45, 2.75) is 75.9 Å². The SMILES string of the molecule is C=CCCCCCCCCC(=O)OC[C@H]1O[C@@H](n2cnc3c(N)nc(Cl)nc32)[C@H](O)[C@@H]1O. The van der Waals surface area contributed by atoms with E-state index in [9.17, 15) is 15.0 Å². The molecule has 1 fully saturated rings. The van der Waals surface area contributed by atoms with Crippen LogP contribution in [-0.4, -0.2) is 60.6 Å². The molecule has 10 nitrogen and oxygen atoms in total. The Morgan fingerprint density at radius 1 is 1.22 bits per heavy atom. The van der Waals surface area contributed by atoms with Crippen molar-refractivity contribution in [2.24, 2.45) is 0 Å². The number of rotatable bonds is 12. The third kappa shape index (κ3) is 5.94. The van der Waals surface area contributed by atoms with E-state index in [1.54, 1.807) is 0 Å². The maximum atomic E-state index is 12.0. The standard InChI is InChI=1S/C21H30ClN5O5/c1-2-3-4-5-6-7-8-9-10-14(28)31-11-13-16(29)17(30)20(32-13)27-12-24-15-18(23)25-21(22)26-19(15)27/h2,12-13,16-17,20,29-30H,1,3-11H2,(H2,23,25,26)/t13-,16-,17-,20-/m1/s1. The second kappa shape index (κ2) is 11.6. The first-order valence-corrected chi connectivity index (χ1v) is 11.2. The number of imidazole rings is 1. The largest absolute Gasteiger partial charge is 0.463 e. The minimum atomic E-state index is -1.29. The summed E-state index contributed by atoms with van der Waals surface area (Å²) in [5.41, 5.74) is 6.37. The number of anilines is 1. The van der Waals surface area contributed by atoms with Crippen LogP contribution in [0.4, 0.5) is 5.82 Å². The fourth-order valence-electron chi connectivity index (χ4n) is 3.71. The van der Waals surface area contributed by atoms with Gasteiger partial charge in [-0.1, -0.05) is 31.8 Å². The zero-order valence-electron chi connectivity index (χ0n) is 17.9. The normalized spacial score (nSPS) is 23.0. The van der Waals surface area contributed by atoms with Crippen LogP contribution in [0.15, 0.2) is 19.0 Å². The topological polar surface area (TPSA) is 146 Å². The van der Waals surface area contributed by atoms with Gasteiger partial charge in [0.05, 0.1) is 6.33 Å². The van der Waals surface area contributed by atoms with E-state index in [-0.39, 0.29) is 29.3 Å². The van der Waals surface area contributed by atoms with Crippen LogP contribution in [0.5, 0.6) is 0 Å². The number of fused-ring (bicyclic) bond motifs is 1. The number of aliphatic hydroxyl groups excluding tert-OH is 2. The van der Waals surface area contributed by atoms with Gasteiger partial charge in [-0.15, -0.1) is 6.58 Å². The average molecular weight is 468 g/mol. The molecule has 2 aromatic heterocycles. The highest BCUT2D eigenvalue weighted by Gasteiger charge is 2.45. The van der Waals surface area contributed by atoms with Gasteiger partial charge in [-0.2, -0.15) is 9.97 Å². The first-order chi connectivity index (χ1) is 15.4. The third-order valence-corrected chi connectivity index (χ3v) is 5.65. The molecule has 4 N–H and O–H groups in total. The van der Waals surface area contributed by atoms with Crippen LogP contribution in [0.25, 0.3) is 11.2 Å². The predicted octanol–water partition coefficient (Wildman–Crippen LogP) is 2.53. The van der Waals surface area contributed by atoms with Crippen molar-refractivity contribution in [3.8, 4) is 0 Å². The molecular formula is C21H30ClN5O5. The summed E-state index contributed by atoms with van der Waals surface area (Å²) in [7, 11) is 0. The lowest BCUT2D eigenvalue weighted by atomic mass is 10.1. The monoisotopic (exact) mass is 467 g/mol. The number of carbonyl (C=O) groups is 1. The molecule has 4 atom stereocenters. The van der Waals surface area contributed by atoms with Crippen molar-refractivity contribution in [3.63, 3.8) is 0 Å². The molecule has 0 spiro atoms. The minimum absolute atomic E-state index is 0.0768. The Hall–Kier alpha value is -2.27. The number of hydrogen-bond acceptors (Lipinski definition) is 9. The molecule has 1 aliphatic rings. The van der Waals surface area contributed by atoms with Crippen molar-refractivity contribution in [2.75, 3.05) is 12.3 Å². The zero-order chi connectivity index (χ0) is 23.1. The quantitative estimate of drug-likeness (QED) is 0.185. The van der Waals surface area contributed by atoms with Crippen LogP contribution in [-0.2, 0) is 14.3 Å². The molecule has 32 heavy (non-hydrogen) atoms. The minimum Gasteiger partial charge on any atom is -0.463 e. The highest BCUT2D eigenvalue weighted by molar-refractivity contribution is 6.28. The maximum Gasteiger partial charge on any atom is 0.305 e. The summed E-state index contributed by atoms with van der Waals surface area (Å²) in [5, 5.41) is 20.8. The van der Waals surface area contributed by atoms with Crippen LogP contribution < -0.4 is 5.73 Å². The zero-order valence-corrected chi connectivity index (χ0v) is 18.7. The molecular weight excluding hydrogens is 438 g/mol. The van der Waals surface area contributed by atoms with E-state index in [1.165, 1.54) is 17.3 Å². The molecule has 176 valence electrons. The number of aliphatic hydroxyl groups is 2. The van der Waals surface area contributed by atoms with Gasteiger partial charge in [-0.05, 0) is 30.9 Å². The van der Waals surface area contributed by atoms with E-state index in [0.29, 0.717) is 11.9 Å². The molecule has 3 rings (SSSR count). The van der Waals surface area contributed by atoms with Crippen molar-refractivity contribution < 1.29 is 24.5 Å². The van der Waals surface area contributed by atoms with E-state index < -0.39 is 24.5 Å². The van der Waals surface area contributed by atoms with Crippen LogP contribution in [0.2, 0.25) is 5.28 Å². The Morgan fingerprint density at radius 3 is 2.69 bits per heavy atom. The Balaban J connectivity index is 1.46. The lowest BCUT2D eigenvalue weighted by Gasteiger charge is -2.16. The fraction of sp³-hybridized carbons (Fsp3) is 0.619. The molecule has 0 amide bonds. The highest BCUT2D eigenvalue weighted by Crippen LogP contribution is 2.32. The summed E-state index contributed by atoms with van der Waals surface area (Å²) < 4.78 is 12.4. The lowest BCUT2D eigenvalue weighted by Crippen LogP contribution is -2.34. The number of allylic oxidation sites excluding steroid dienone is 1. The van der Waals surface area contributed by atoms with Crippen LogP contribution in [0, 0.1) is 0 Å². The summed E-state index contributed by atoms with van der Waals surface area (Å²) in [6.07, 6.45) is 6.51. The predicted molar refractivity (Wildman–Crippen MR) is 119 cm³/mol. The molecule has 0 aromatic carbocycles. The van der Waals surface area contributed by atoms with Crippen molar-refractivity contribution >= 4 is 34.6 Å². The molecule has 0 radical (unpaired) electrons. The molecule has 1 saturated heterocycles. The Bertz CT molecular complexity index is 923. The summed E-state index contributed by atoms with van der Waals surface area (Å²) in [5.74, 6) is -0.264. The van der Waals surface area contributed by atoms with Crippen LogP contribution in [0.3, 0.4) is 0 Å². The number of nitrogens with zero attached hydrogens (tertiary/aromatic N) is 4. The smallest absolute Gasteiger partial charge is 0.305 e. The van der Waals surface area contributed by atoms with E-state index in [1.807, 2.05) is 6.08 Å². The Labute approximate surface area is 191 Å². The fourth-order valence-corrected chi connectivity index (χ4v) is 3.88. The van der Waals surface area contributed by atoms with Gasteiger partial charge in [0.2, 0.25) is 5.28 Å². The van der Waals surface area contributed by atoms with E-state index in [0.717, 1.165) is 38.5 Å². The summed E-state index contributed by atoms with van der Waals surface area (Å²) in [6.45, 7) is 3.54. The second-order valence-corrected chi connectivity index (χ2v) is 8.22. The van der Waals surface area contributed by atoms with E-state index >= 15 is 0 Å². The van der Waals surface area contributed by atoms with Crippen LogP contribution in [0.1, 0.15) is 57.6 Å². The first-order valence-electron chi connectivity index (χ1n) is 10.9. The number of hydrogen-bond donors (Lipinski definition) is 3. The number of unbranched alkanes of at least 4 members (excludes halogenated alkanes) is 6. The van der Waals surface area contributed by atoms with Gasteiger partial charge in [-0.3, -0.25) is 9.36 Å². The van der Waals surface area contributed by atoms with Gasteiger partial charge in [0.25, 0.3) is 0 Å². The molecule has 2 aromatic rings. The van der Waals surface area contributed by atoms with Crippen molar-refractivity contribution in [3.05, 3.63) is 24.3 Å². The molecule has 0 aliphatic carbocycles. The number of nitrogen functional groups attached to an aromatic ring is 1. The lowest BCUT2D eigenvalue weighted by molar-refractivity contribution is -0.150. The highest BCUT2D eigenvalue weighted by atomic mass is 35.5. The first kappa shape index (κ1) is 24.4. The summed E-state index contributed by atoms with van der Waals surface area (Å²) >= 11 is 5.87. The van der Waals surface area contributed by atoms with Crippen LogP contribution >= 0.6 is 11.6 Å². The number of aromatic nitrogens is 4. The Morgan fingerprint density at radius 2 is 1.94 bits per heavy atom. The number of nitrogens with two attached hydrogens (primary N) is 1. The molecule has 0 saturated carbocycles. The summed E-state index contributed by atoms with van der Waals surface area (Å²) in [4.78, 5) is 24.1. The van der Waals surface area contributed by atoms with E-state index in [4.69, 9.17) is 26.8 Å². The van der Waals surface area contributed by atoms with Crippen molar-refractivity contribution in [1.29, 1.82) is 0 Å². The summed E-state index contributed by atoms with van der Waals surface area (Å²) in [6, 6.07) is 0. The number of ether oxygens (including phenoxy) is 2. The van der Waals surface area contributed by atoms with Gasteiger partial charge in [0.15, 0.2) is 17.7 Å². The second-order valence-electron chi connectivity index (χ2n) is 7.88. The van der Waals surface area contributed by atoms with Gasteiger partial charge >= 0.3 is 5.97 Å². The molecule has 0 bridgehead atoms. The van der Waals surface area contributed by atoms with Gasteiger partial charge in [0.1, 0.15) is 30.4 Å². The number of halogens is 1. The maximum absolute atomic E-state index is 12.0. The van der Waals surface area contributed by atoms with Gasteiger partial charge < -0.3 is 25.4 Å². The third-order valence-electron chi connectivity index (χ3n) is 5.48. The van der Waals surface area contributed by atoms with Gasteiger partial charge in [0, 0.05) is 6.42 Å². The average Bonchev–Trinajstić information content (AvgIpc) is 3.30. The molecule has 1 aliphatic heterocycles.